The fourth-order valence-corrected chi connectivity index (χ4v) is 3.12. The first-order chi connectivity index (χ1) is 14.1. The quantitative estimate of drug-likeness (QED) is 0.504. The molecule has 0 fully saturated rings. The maximum absolute atomic E-state index is 11.1. The fraction of sp³-hybridized carbons (Fsp3) is 0.318. The Balaban J connectivity index is 2.00. The topological polar surface area (TPSA) is 92.1 Å². The van der Waals surface area contributed by atoms with E-state index >= 15 is 0 Å². The molecule has 0 aliphatic heterocycles. The van der Waals surface area contributed by atoms with E-state index in [2.05, 4.69) is 11.7 Å². The molecule has 0 aliphatic rings. The van der Waals surface area contributed by atoms with Crippen molar-refractivity contribution in [3.63, 3.8) is 0 Å². The minimum atomic E-state index is -1.22. The van der Waals surface area contributed by atoms with Crippen molar-refractivity contribution >= 4 is 0 Å². The van der Waals surface area contributed by atoms with Crippen molar-refractivity contribution in [3.05, 3.63) is 83.5 Å². The zero-order valence-corrected chi connectivity index (χ0v) is 16.6. The molecule has 0 spiro atoms. The number of hydrogen-bond acceptors (Lipinski definition) is 7. The van der Waals surface area contributed by atoms with Crippen molar-refractivity contribution in [2.24, 2.45) is 0 Å². The van der Waals surface area contributed by atoms with Crippen molar-refractivity contribution in [1.82, 2.24) is 10.1 Å². The summed E-state index contributed by atoms with van der Waals surface area (Å²) in [5.74, 6) is 0.816. The molecule has 7 nitrogen and oxygen atoms in total. The smallest absolute Gasteiger partial charge is 0.261 e. The lowest BCUT2D eigenvalue weighted by molar-refractivity contribution is 0.170. The highest BCUT2D eigenvalue weighted by atomic mass is 16.5. The first kappa shape index (κ1) is 20.9. The van der Waals surface area contributed by atoms with Gasteiger partial charge < -0.3 is 23.9 Å². The van der Waals surface area contributed by atoms with Crippen LogP contribution in [0, 0.1) is 0 Å². The van der Waals surface area contributed by atoms with Gasteiger partial charge in [-0.15, -0.1) is 6.58 Å². The lowest BCUT2D eigenvalue weighted by atomic mass is 10.0. The highest BCUT2D eigenvalue weighted by Crippen LogP contribution is 2.39. The average molecular weight is 398 g/mol. The molecule has 1 aromatic carbocycles. The zero-order valence-electron chi connectivity index (χ0n) is 16.6. The van der Waals surface area contributed by atoms with E-state index < -0.39 is 6.10 Å². The molecule has 1 unspecified atom stereocenters. The number of likely N-dealkylation sites (N-methyl/N-ethyl adjacent to an activating group) is 1. The molecular weight excluding hydrogens is 372 g/mol. The monoisotopic (exact) mass is 398 g/mol. The molecule has 2 atom stereocenters. The summed E-state index contributed by atoms with van der Waals surface area (Å²) in [5.41, 5.74) is 1.80. The summed E-state index contributed by atoms with van der Waals surface area (Å²) in [6.45, 7) is 6.63. The van der Waals surface area contributed by atoms with Gasteiger partial charge in [-0.3, -0.25) is 4.90 Å². The van der Waals surface area contributed by atoms with Gasteiger partial charge in [0, 0.05) is 5.56 Å². The minimum absolute atomic E-state index is 0.174. The number of rotatable bonds is 10. The molecule has 2 aromatic heterocycles. The molecule has 3 aromatic rings. The Hall–Kier alpha value is -2.87. The summed E-state index contributed by atoms with van der Waals surface area (Å²) in [7, 11) is 1.92. The molecule has 154 valence electrons. The van der Waals surface area contributed by atoms with Crippen LogP contribution in [0.4, 0.5) is 0 Å². The standard InChI is InChI=1S/C22H26N2O5/c1-4-17(24(3)5-2)21-18(19(26)20-16(13-25)11-12-27-20)22(23-29-21)28-14-15-9-7-6-8-10-15/h4,6-12,17,19,25-26H,1,5,13-14H2,2-3H3/t17-,19?/m0/s1. The van der Waals surface area contributed by atoms with E-state index in [1.807, 2.05) is 49.2 Å². The van der Waals surface area contributed by atoms with E-state index in [0.717, 1.165) is 12.1 Å². The Morgan fingerprint density at radius 3 is 2.66 bits per heavy atom. The van der Waals surface area contributed by atoms with Crippen molar-refractivity contribution in [2.45, 2.75) is 32.3 Å². The molecule has 0 amide bonds. The van der Waals surface area contributed by atoms with Gasteiger partial charge in [0.2, 0.25) is 0 Å². The summed E-state index contributed by atoms with van der Waals surface area (Å²) in [6.07, 6.45) is 1.92. The van der Waals surface area contributed by atoms with Gasteiger partial charge in [0.1, 0.15) is 18.5 Å². The molecule has 3 rings (SSSR count). The lowest BCUT2D eigenvalue weighted by Crippen LogP contribution is -2.23. The predicted molar refractivity (Wildman–Crippen MR) is 107 cm³/mol. The Morgan fingerprint density at radius 1 is 1.24 bits per heavy atom. The molecular formula is C22H26N2O5. The molecule has 0 bridgehead atoms. The normalized spacial score (nSPS) is 13.4. The van der Waals surface area contributed by atoms with Gasteiger partial charge >= 0.3 is 0 Å². The third kappa shape index (κ3) is 4.42. The SMILES string of the molecule is C=C[C@@H](c1onc(OCc2ccccc2)c1C(O)c1occc1CO)N(C)CC. The van der Waals surface area contributed by atoms with Gasteiger partial charge in [0.15, 0.2) is 5.76 Å². The third-order valence-electron chi connectivity index (χ3n) is 4.88. The molecule has 2 N–H and O–H groups in total. The van der Waals surface area contributed by atoms with Gasteiger partial charge in [-0.05, 0) is 30.4 Å². The second-order valence-electron chi connectivity index (χ2n) is 6.66. The zero-order chi connectivity index (χ0) is 20.8. The van der Waals surface area contributed by atoms with E-state index in [1.165, 1.54) is 6.26 Å². The molecule has 29 heavy (non-hydrogen) atoms. The summed E-state index contributed by atoms with van der Waals surface area (Å²) in [5, 5.41) is 24.7. The van der Waals surface area contributed by atoms with E-state index in [-0.39, 0.29) is 30.9 Å². The first-order valence-corrected chi connectivity index (χ1v) is 9.44. The third-order valence-corrected chi connectivity index (χ3v) is 4.88. The van der Waals surface area contributed by atoms with Crippen LogP contribution in [0.5, 0.6) is 5.88 Å². The summed E-state index contributed by atoms with van der Waals surface area (Å²) in [6, 6.07) is 10.9. The molecule has 0 saturated heterocycles. The van der Waals surface area contributed by atoms with Gasteiger partial charge in [-0.25, -0.2) is 0 Å². The highest BCUT2D eigenvalue weighted by molar-refractivity contribution is 5.40. The number of nitrogens with zero attached hydrogens (tertiary/aromatic N) is 2. The molecule has 0 aliphatic carbocycles. The number of benzene rings is 1. The number of aromatic nitrogens is 1. The van der Waals surface area contributed by atoms with Crippen LogP contribution in [0.1, 0.15) is 47.3 Å². The van der Waals surface area contributed by atoms with E-state index in [0.29, 0.717) is 16.9 Å². The Morgan fingerprint density at radius 2 is 2.00 bits per heavy atom. The van der Waals surface area contributed by atoms with Gasteiger partial charge in [0.25, 0.3) is 5.88 Å². The summed E-state index contributed by atoms with van der Waals surface area (Å²) < 4.78 is 16.9. The Labute approximate surface area is 169 Å². The van der Waals surface area contributed by atoms with Gasteiger partial charge in [-0.2, -0.15) is 0 Å². The maximum atomic E-state index is 11.1. The summed E-state index contributed by atoms with van der Waals surface area (Å²) in [4.78, 5) is 2.00. The number of ether oxygens (including phenoxy) is 1. The first-order valence-electron chi connectivity index (χ1n) is 9.44. The number of aliphatic hydroxyl groups is 2. The van der Waals surface area contributed by atoms with Crippen molar-refractivity contribution in [1.29, 1.82) is 0 Å². The number of hydrogen-bond donors (Lipinski definition) is 2. The molecule has 0 radical (unpaired) electrons. The van der Waals surface area contributed by atoms with Crippen LogP contribution in [0.2, 0.25) is 0 Å². The van der Waals surface area contributed by atoms with E-state index in [9.17, 15) is 10.2 Å². The van der Waals surface area contributed by atoms with Crippen molar-refractivity contribution in [3.8, 4) is 5.88 Å². The predicted octanol–water partition coefficient (Wildman–Crippen LogP) is 3.60. The van der Waals surface area contributed by atoms with E-state index in [4.69, 9.17) is 13.7 Å². The van der Waals surface area contributed by atoms with Crippen LogP contribution in [-0.2, 0) is 13.2 Å². The van der Waals surface area contributed by atoms with Crippen LogP contribution in [0.15, 0.2) is 64.3 Å². The number of furan rings is 1. The lowest BCUT2D eigenvalue weighted by Gasteiger charge is -2.23. The van der Waals surface area contributed by atoms with Crippen LogP contribution < -0.4 is 4.74 Å². The van der Waals surface area contributed by atoms with Crippen LogP contribution >= 0.6 is 0 Å². The fourth-order valence-electron chi connectivity index (χ4n) is 3.12. The van der Waals surface area contributed by atoms with Crippen molar-refractivity contribution in [2.75, 3.05) is 13.6 Å². The van der Waals surface area contributed by atoms with Crippen LogP contribution in [0.3, 0.4) is 0 Å². The summed E-state index contributed by atoms with van der Waals surface area (Å²) >= 11 is 0. The second kappa shape index (κ2) is 9.56. The van der Waals surface area contributed by atoms with Crippen molar-refractivity contribution < 1.29 is 23.9 Å². The van der Waals surface area contributed by atoms with Crippen LogP contribution in [0.25, 0.3) is 0 Å². The second-order valence-corrected chi connectivity index (χ2v) is 6.66. The highest BCUT2D eigenvalue weighted by Gasteiger charge is 2.33. The van der Waals surface area contributed by atoms with Gasteiger partial charge in [0.05, 0.1) is 24.5 Å². The largest absolute Gasteiger partial charge is 0.470 e. The Bertz CT molecular complexity index is 918. The minimum Gasteiger partial charge on any atom is -0.470 e. The number of aliphatic hydroxyl groups excluding tert-OH is 2. The van der Waals surface area contributed by atoms with Crippen LogP contribution in [-0.4, -0.2) is 33.9 Å². The molecule has 7 heteroatoms. The molecule has 2 heterocycles. The maximum Gasteiger partial charge on any atom is 0.261 e. The average Bonchev–Trinajstić information content (AvgIpc) is 3.40. The Kier molecular flexibility index (Phi) is 6.87. The van der Waals surface area contributed by atoms with E-state index in [1.54, 1.807) is 12.1 Å². The molecule has 0 saturated carbocycles. The van der Waals surface area contributed by atoms with Gasteiger partial charge in [-0.1, -0.05) is 43.3 Å².